The second kappa shape index (κ2) is 8.61. The number of esters is 1. The van der Waals surface area contributed by atoms with Crippen molar-refractivity contribution in [2.45, 2.75) is 40.0 Å². The molecule has 1 aromatic rings. The Bertz CT molecular complexity index is 535. The SMILES string of the molecule is CCOC(C)(OCC)OC(C)OC(=O)c1ccccc1C(=O)O. The zero-order valence-electron chi connectivity index (χ0n) is 13.7. The van der Waals surface area contributed by atoms with Gasteiger partial charge < -0.3 is 19.3 Å². The molecule has 128 valence electrons. The molecule has 0 aliphatic carbocycles. The molecule has 0 radical (unpaired) electrons. The fraction of sp³-hybridized carbons (Fsp3) is 0.500. The molecule has 0 aliphatic rings. The van der Waals surface area contributed by atoms with Crippen molar-refractivity contribution >= 4 is 11.9 Å². The quantitative estimate of drug-likeness (QED) is 0.551. The predicted molar refractivity (Wildman–Crippen MR) is 81.0 cm³/mol. The number of hydrogen-bond acceptors (Lipinski definition) is 6. The molecular formula is C16H22O7. The lowest BCUT2D eigenvalue weighted by atomic mass is 10.1. The summed E-state index contributed by atoms with van der Waals surface area (Å²) in [6, 6.07) is 5.79. The largest absolute Gasteiger partial charge is 0.478 e. The standard InChI is InChI=1S/C16H22O7/c1-5-20-16(4,21-6-2)23-11(3)22-15(19)13-10-8-7-9-12(13)14(17)18/h7-11H,5-6H2,1-4H3,(H,17,18). The van der Waals surface area contributed by atoms with Gasteiger partial charge in [0.25, 0.3) is 5.97 Å². The molecule has 1 N–H and O–H groups in total. The molecule has 1 unspecified atom stereocenters. The van der Waals surface area contributed by atoms with Gasteiger partial charge in [0.05, 0.1) is 11.1 Å². The summed E-state index contributed by atoms with van der Waals surface area (Å²) in [4.78, 5) is 23.3. The summed E-state index contributed by atoms with van der Waals surface area (Å²) in [5.74, 6) is -3.36. The normalized spacial score (nSPS) is 12.7. The second-order valence-electron chi connectivity index (χ2n) is 4.67. The third-order valence-corrected chi connectivity index (χ3v) is 2.84. The van der Waals surface area contributed by atoms with Crippen LogP contribution in [0.2, 0.25) is 0 Å². The molecule has 0 saturated carbocycles. The molecule has 23 heavy (non-hydrogen) atoms. The third-order valence-electron chi connectivity index (χ3n) is 2.84. The van der Waals surface area contributed by atoms with Crippen LogP contribution in [-0.2, 0) is 18.9 Å². The number of carbonyl (C=O) groups is 2. The van der Waals surface area contributed by atoms with Gasteiger partial charge in [0.1, 0.15) is 0 Å². The van der Waals surface area contributed by atoms with Crippen molar-refractivity contribution in [1.82, 2.24) is 0 Å². The summed E-state index contributed by atoms with van der Waals surface area (Å²) >= 11 is 0. The van der Waals surface area contributed by atoms with Gasteiger partial charge in [-0.3, -0.25) is 4.74 Å². The van der Waals surface area contributed by atoms with Crippen LogP contribution in [0.25, 0.3) is 0 Å². The minimum atomic E-state index is -1.35. The van der Waals surface area contributed by atoms with E-state index in [-0.39, 0.29) is 11.1 Å². The van der Waals surface area contributed by atoms with E-state index in [9.17, 15) is 9.59 Å². The first kappa shape index (κ1) is 19.1. The van der Waals surface area contributed by atoms with E-state index in [0.717, 1.165) is 0 Å². The second-order valence-corrected chi connectivity index (χ2v) is 4.67. The summed E-state index contributed by atoms with van der Waals surface area (Å²) in [6.45, 7) is 7.31. The lowest BCUT2D eigenvalue weighted by Crippen LogP contribution is -2.40. The Hall–Kier alpha value is -1.96. The van der Waals surface area contributed by atoms with E-state index >= 15 is 0 Å². The number of carboxylic acid groups (broad SMARTS) is 1. The Morgan fingerprint density at radius 1 is 1.13 bits per heavy atom. The van der Waals surface area contributed by atoms with Gasteiger partial charge in [-0.1, -0.05) is 12.1 Å². The van der Waals surface area contributed by atoms with Crippen LogP contribution in [0.4, 0.5) is 0 Å². The van der Waals surface area contributed by atoms with Crippen molar-refractivity contribution in [3.63, 3.8) is 0 Å². The van der Waals surface area contributed by atoms with E-state index in [1.165, 1.54) is 25.1 Å². The van der Waals surface area contributed by atoms with Gasteiger partial charge in [0, 0.05) is 20.1 Å². The molecule has 0 saturated heterocycles. The lowest BCUT2D eigenvalue weighted by Gasteiger charge is -2.31. The van der Waals surface area contributed by atoms with Gasteiger partial charge in [-0.25, -0.2) is 9.59 Å². The van der Waals surface area contributed by atoms with Gasteiger partial charge in [0.15, 0.2) is 0 Å². The molecule has 0 amide bonds. The monoisotopic (exact) mass is 326 g/mol. The molecule has 0 bridgehead atoms. The zero-order chi connectivity index (χ0) is 17.5. The fourth-order valence-corrected chi connectivity index (χ4v) is 2.02. The van der Waals surface area contributed by atoms with Crippen LogP contribution in [-0.4, -0.2) is 42.5 Å². The van der Waals surface area contributed by atoms with Crippen molar-refractivity contribution in [2.75, 3.05) is 13.2 Å². The van der Waals surface area contributed by atoms with E-state index in [1.807, 2.05) is 0 Å². The fourth-order valence-electron chi connectivity index (χ4n) is 2.02. The molecule has 1 atom stereocenters. The lowest BCUT2D eigenvalue weighted by molar-refractivity contribution is -0.399. The Labute approximate surface area is 135 Å². The molecule has 0 spiro atoms. The van der Waals surface area contributed by atoms with E-state index in [0.29, 0.717) is 13.2 Å². The Morgan fingerprint density at radius 2 is 1.65 bits per heavy atom. The highest BCUT2D eigenvalue weighted by Gasteiger charge is 2.30. The van der Waals surface area contributed by atoms with Gasteiger partial charge in [-0.15, -0.1) is 0 Å². The summed E-state index contributed by atoms with van der Waals surface area (Å²) in [5.41, 5.74) is -0.188. The summed E-state index contributed by atoms with van der Waals surface area (Å²) in [5, 5.41) is 9.10. The number of aromatic carboxylic acids is 1. The number of benzene rings is 1. The maximum atomic E-state index is 12.1. The summed E-state index contributed by atoms with van der Waals surface area (Å²) in [6.07, 6.45) is -0.993. The smallest absolute Gasteiger partial charge is 0.341 e. The van der Waals surface area contributed by atoms with E-state index < -0.39 is 24.2 Å². The zero-order valence-corrected chi connectivity index (χ0v) is 13.7. The van der Waals surface area contributed by atoms with Crippen LogP contribution in [0.1, 0.15) is 48.4 Å². The Balaban J connectivity index is 2.79. The summed E-state index contributed by atoms with van der Waals surface area (Å²) in [7, 11) is 0. The van der Waals surface area contributed by atoms with Gasteiger partial charge in [-0.2, -0.15) is 0 Å². The maximum absolute atomic E-state index is 12.1. The predicted octanol–water partition coefficient (Wildman–Crippen LogP) is 2.65. The molecule has 7 heteroatoms. The molecule has 0 aromatic heterocycles. The van der Waals surface area contributed by atoms with E-state index in [2.05, 4.69) is 0 Å². The first-order valence-corrected chi connectivity index (χ1v) is 7.32. The Morgan fingerprint density at radius 3 is 2.13 bits per heavy atom. The number of rotatable bonds is 9. The average molecular weight is 326 g/mol. The van der Waals surface area contributed by atoms with Crippen LogP contribution < -0.4 is 0 Å². The summed E-state index contributed by atoms with van der Waals surface area (Å²) < 4.78 is 21.3. The minimum Gasteiger partial charge on any atom is -0.478 e. The molecule has 1 rings (SSSR count). The topological polar surface area (TPSA) is 91.3 Å². The first-order valence-electron chi connectivity index (χ1n) is 7.32. The van der Waals surface area contributed by atoms with Gasteiger partial charge in [0.2, 0.25) is 6.29 Å². The van der Waals surface area contributed by atoms with Crippen molar-refractivity contribution in [3.05, 3.63) is 35.4 Å². The molecular weight excluding hydrogens is 304 g/mol. The van der Waals surface area contributed by atoms with Crippen molar-refractivity contribution < 1.29 is 33.6 Å². The molecule has 1 aromatic carbocycles. The van der Waals surface area contributed by atoms with Crippen molar-refractivity contribution in [3.8, 4) is 0 Å². The van der Waals surface area contributed by atoms with E-state index in [1.54, 1.807) is 26.8 Å². The number of carboxylic acids is 1. The van der Waals surface area contributed by atoms with Gasteiger partial charge in [-0.05, 0) is 32.9 Å². The van der Waals surface area contributed by atoms with Crippen LogP contribution in [0.3, 0.4) is 0 Å². The number of ether oxygens (including phenoxy) is 4. The molecule has 0 aliphatic heterocycles. The van der Waals surface area contributed by atoms with Crippen LogP contribution in [0.5, 0.6) is 0 Å². The van der Waals surface area contributed by atoms with Gasteiger partial charge >= 0.3 is 11.9 Å². The highest BCUT2D eigenvalue weighted by molar-refractivity contribution is 6.02. The number of hydrogen-bond donors (Lipinski definition) is 1. The maximum Gasteiger partial charge on any atom is 0.341 e. The van der Waals surface area contributed by atoms with Crippen LogP contribution >= 0.6 is 0 Å². The minimum absolute atomic E-state index is 0.0510. The molecule has 7 nitrogen and oxygen atoms in total. The van der Waals surface area contributed by atoms with Crippen molar-refractivity contribution in [1.29, 1.82) is 0 Å². The van der Waals surface area contributed by atoms with E-state index in [4.69, 9.17) is 24.1 Å². The van der Waals surface area contributed by atoms with Crippen LogP contribution in [0, 0.1) is 0 Å². The first-order chi connectivity index (χ1) is 10.8. The number of carbonyl (C=O) groups excluding carboxylic acids is 1. The highest BCUT2D eigenvalue weighted by Crippen LogP contribution is 2.19. The average Bonchev–Trinajstić information content (AvgIpc) is 2.47. The third kappa shape index (κ3) is 5.63. The highest BCUT2D eigenvalue weighted by atomic mass is 16.9. The van der Waals surface area contributed by atoms with Crippen LogP contribution in [0.15, 0.2) is 24.3 Å². The molecule has 0 heterocycles. The van der Waals surface area contributed by atoms with Crippen molar-refractivity contribution in [2.24, 2.45) is 0 Å². The molecule has 0 fully saturated rings. The Kier molecular flexibility index (Phi) is 7.15.